The molecule has 1 heterocycles. The molecule has 3 N–H and O–H groups in total. The van der Waals surface area contributed by atoms with E-state index < -0.39 is 10.0 Å². The highest BCUT2D eigenvalue weighted by atomic mass is 32.2. The third-order valence-corrected chi connectivity index (χ3v) is 4.42. The van der Waals surface area contributed by atoms with E-state index in [2.05, 4.69) is 9.97 Å². The van der Waals surface area contributed by atoms with E-state index in [4.69, 9.17) is 5.73 Å². The van der Waals surface area contributed by atoms with Crippen molar-refractivity contribution < 1.29 is 8.42 Å². The molecule has 6 nitrogen and oxygen atoms in total. The van der Waals surface area contributed by atoms with Crippen molar-refractivity contribution in [3.63, 3.8) is 0 Å². The van der Waals surface area contributed by atoms with Gasteiger partial charge in [-0.1, -0.05) is 0 Å². The predicted molar refractivity (Wildman–Crippen MR) is 61.4 cm³/mol. The quantitative estimate of drug-likeness (QED) is 0.769. The SMILES string of the molecule is Cc1ncc(S(=O)(=O)N(C)C(C)CCN)[nH]1. The van der Waals surface area contributed by atoms with Crippen LogP contribution in [-0.2, 0) is 10.0 Å². The lowest BCUT2D eigenvalue weighted by molar-refractivity contribution is 0.373. The number of aromatic nitrogens is 2. The molecule has 0 fully saturated rings. The number of nitrogens with zero attached hydrogens (tertiary/aromatic N) is 2. The number of nitrogens with one attached hydrogen (secondary N) is 1. The topological polar surface area (TPSA) is 92.1 Å². The summed E-state index contributed by atoms with van der Waals surface area (Å²) in [5.74, 6) is 0.582. The fourth-order valence-electron chi connectivity index (χ4n) is 1.34. The Balaban J connectivity index is 2.94. The van der Waals surface area contributed by atoms with Crippen molar-refractivity contribution in [1.29, 1.82) is 0 Å². The molecule has 0 spiro atoms. The van der Waals surface area contributed by atoms with E-state index in [1.165, 1.54) is 10.5 Å². The molecule has 0 radical (unpaired) electrons. The molecule has 0 amide bonds. The molecular formula is C9H18N4O2S. The van der Waals surface area contributed by atoms with Crippen molar-refractivity contribution in [2.24, 2.45) is 5.73 Å². The molecule has 0 bridgehead atoms. The van der Waals surface area contributed by atoms with Gasteiger partial charge in [0.25, 0.3) is 10.0 Å². The standard InChI is InChI=1S/C9H18N4O2S/c1-7(4-5-10)13(3)16(14,15)9-6-11-8(2)12-9/h6-7H,4-5,10H2,1-3H3,(H,11,12). The third kappa shape index (κ3) is 2.60. The van der Waals surface area contributed by atoms with Gasteiger partial charge in [0.2, 0.25) is 0 Å². The van der Waals surface area contributed by atoms with E-state index in [-0.39, 0.29) is 11.1 Å². The fraction of sp³-hybridized carbons (Fsp3) is 0.667. The van der Waals surface area contributed by atoms with Gasteiger partial charge >= 0.3 is 0 Å². The van der Waals surface area contributed by atoms with Crippen molar-refractivity contribution in [2.45, 2.75) is 31.3 Å². The van der Waals surface area contributed by atoms with Gasteiger partial charge in [0.1, 0.15) is 5.82 Å². The zero-order chi connectivity index (χ0) is 12.3. The van der Waals surface area contributed by atoms with Gasteiger partial charge in [-0.05, 0) is 26.8 Å². The van der Waals surface area contributed by atoms with Crippen LogP contribution in [0.3, 0.4) is 0 Å². The first kappa shape index (κ1) is 13.1. The Kier molecular flexibility index (Phi) is 4.06. The van der Waals surface area contributed by atoms with E-state index in [0.29, 0.717) is 18.8 Å². The largest absolute Gasteiger partial charge is 0.332 e. The summed E-state index contributed by atoms with van der Waals surface area (Å²) in [6.45, 7) is 4.00. The van der Waals surface area contributed by atoms with Gasteiger partial charge in [0, 0.05) is 13.1 Å². The van der Waals surface area contributed by atoms with E-state index in [0.717, 1.165) is 0 Å². The number of hydrogen-bond donors (Lipinski definition) is 2. The maximum atomic E-state index is 12.1. The van der Waals surface area contributed by atoms with Crippen molar-refractivity contribution in [2.75, 3.05) is 13.6 Å². The van der Waals surface area contributed by atoms with Crippen molar-refractivity contribution in [3.05, 3.63) is 12.0 Å². The van der Waals surface area contributed by atoms with E-state index in [1.807, 2.05) is 6.92 Å². The first-order valence-electron chi connectivity index (χ1n) is 5.09. The van der Waals surface area contributed by atoms with Gasteiger partial charge in [0.15, 0.2) is 5.03 Å². The van der Waals surface area contributed by atoms with Crippen molar-refractivity contribution >= 4 is 10.0 Å². The monoisotopic (exact) mass is 246 g/mol. The molecule has 1 aromatic rings. The smallest absolute Gasteiger partial charge is 0.260 e. The van der Waals surface area contributed by atoms with E-state index in [9.17, 15) is 8.42 Å². The Labute approximate surface area is 95.9 Å². The zero-order valence-corrected chi connectivity index (χ0v) is 10.6. The lowest BCUT2D eigenvalue weighted by Crippen LogP contribution is -2.36. The summed E-state index contributed by atoms with van der Waals surface area (Å²) in [4.78, 5) is 6.61. The number of hydrogen-bond acceptors (Lipinski definition) is 4. The molecular weight excluding hydrogens is 228 g/mol. The summed E-state index contributed by atoms with van der Waals surface area (Å²) in [5.41, 5.74) is 5.41. The van der Waals surface area contributed by atoms with Crippen LogP contribution in [0.15, 0.2) is 11.2 Å². The maximum absolute atomic E-state index is 12.1. The Bertz CT molecular complexity index is 440. The summed E-state index contributed by atoms with van der Waals surface area (Å²) >= 11 is 0. The number of H-pyrrole nitrogens is 1. The molecule has 0 saturated heterocycles. The van der Waals surface area contributed by atoms with Crippen molar-refractivity contribution in [3.8, 4) is 0 Å². The van der Waals surface area contributed by atoms with Gasteiger partial charge < -0.3 is 10.7 Å². The van der Waals surface area contributed by atoms with Crippen LogP contribution in [0.5, 0.6) is 0 Å². The second-order valence-corrected chi connectivity index (χ2v) is 5.75. The normalized spacial score (nSPS) is 14.3. The second-order valence-electron chi connectivity index (χ2n) is 3.78. The van der Waals surface area contributed by atoms with E-state index >= 15 is 0 Å². The van der Waals surface area contributed by atoms with Gasteiger partial charge in [-0.2, -0.15) is 4.31 Å². The number of aryl methyl sites for hydroxylation is 1. The van der Waals surface area contributed by atoms with Gasteiger partial charge in [-0.15, -0.1) is 0 Å². The lowest BCUT2D eigenvalue weighted by Gasteiger charge is -2.22. The molecule has 92 valence electrons. The molecule has 7 heteroatoms. The molecule has 0 aromatic carbocycles. The van der Waals surface area contributed by atoms with Gasteiger partial charge in [-0.3, -0.25) is 0 Å². The Morgan fingerprint density at radius 2 is 2.25 bits per heavy atom. The van der Waals surface area contributed by atoms with Crippen LogP contribution < -0.4 is 5.73 Å². The Morgan fingerprint density at radius 1 is 1.62 bits per heavy atom. The zero-order valence-electron chi connectivity index (χ0n) is 9.77. The average molecular weight is 246 g/mol. The molecule has 0 aliphatic rings. The average Bonchev–Trinajstić information content (AvgIpc) is 2.64. The van der Waals surface area contributed by atoms with Crippen LogP contribution >= 0.6 is 0 Å². The summed E-state index contributed by atoms with van der Waals surface area (Å²) in [6, 6.07) is -0.126. The molecule has 0 saturated carbocycles. The minimum Gasteiger partial charge on any atom is -0.332 e. The fourth-order valence-corrected chi connectivity index (χ4v) is 2.70. The highest BCUT2D eigenvalue weighted by Gasteiger charge is 2.26. The van der Waals surface area contributed by atoms with Crippen LogP contribution in [0.25, 0.3) is 0 Å². The number of nitrogens with two attached hydrogens (primary N) is 1. The third-order valence-electron chi connectivity index (χ3n) is 2.54. The van der Waals surface area contributed by atoms with E-state index in [1.54, 1.807) is 14.0 Å². The first-order valence-corrected chi connectivity index (χ1v) is 6.53. The Morgan fingerprint density at radius 3 is 2.69 bits per heavy atom. The van der Waals surface area contributed by atoms with Crippen LogP contribution in [-0.4, -0.2) is 42.3 Å². The molecule has 1 atom stereocenters. The molecule has 1 unspecified atom stereocenters. The molecule has 0 aliphatic carbocycles. The molecule has 1 rings (SSSR count). The number of imidazole rings is 1. The van der Waals surface area contributed by atoms with Gasteiger partial charge in [0.05, 0.1) is 6.20 Å². The van der Waals surface area contributed by atoms with Crippen LogP contribution in [0.2, 0.25) is 0 Å². The molecule has 1 aromatic heterocycles. The first-order chi connectivity index (χ1) is 7.39. The van der Waals surface area contributed by atoms with Gasteiger partial charge in [-0.25, -0.2) is 13.4 Å². The lowest BCUT2D eigenvalue weighted by atomic mass is 10.2. The summed E-state index contributed by atoms with van der Waals surface area (Å²) in [6.07, 6.45) is 1.96. The highest BCUT2D eigenvalue weighted by molar-refractivity contribution is 7.89. The minimum absolute atomic E-state index is 0.122. The highest BCUT2D eigenvalue weighted by Crippen LogP contribution is 2.15. The summed E-state index contributed by atoms with van der Waals surface area (Å²) in [7, 11) is -1.93. The summed E-state index contributed by atoms with van der Waals surface area (Å²) in [5, 5.41) is 0.122. The summed E-state index contributed by atoms with van der Waals surface area (Å²) < 4.78 is 25.5. The van der Waals surface area contributed by atoms with Crippen molar-refractivity contribution in [1.82, 2.24) is 14.3 Å². The number of rotatable bonds is 5. The maximum Gasteiger partial charge on any atom is 0.260 e. The second kappa shape index (κ2) is 4.94. The van der Waals surface area contributed by atoms with Crippen LogP contribution in [0.4, 0.5) is 0 Å². The Hall–Kier alpha value is -0.920. The predicted octanol–water partition coefficient (Wildman–Crippen LogP) is 0.0759. The number of aromatic amines is 1. The molecule has 0 aliphatic heterocycles. The molecule has 16 heavy (non-hydrogen) atoms. The minimum atomic E-state index is -3.48. The van der Waals surface area contributed by atoms with Crippen LogP contribution in [0.1, 0.15) is 19.2 Å². The van der Waals surface area contributed by atoms with Crippen LogP contribution in [0, 0.1) is 6.92 Å². The number of sulfonamides is 1.